The van der Waals surface area contributed by atoms with Crippen molar-refractivity contribution in [1.29, 1.82) is 0 Å². The van der Waals surface area contributed by atoms with Gasteiger partial charge in [-0.1, -0.05) is 23.2 Å². The number of carbonyl (C=O) groups is 1. The number of nitrogens with one attached hydrogen (secondary N) is 1. The number of methoxy groups -OCH3 is 2. The highest BCUT2D eigenvalue weighted by molar-refractivity contribution is 6.40. The van der Waals surface area contributed by atoms with Crippen LogP contribution in [0.4, 0.5) is 11.4 Å². The van der Waals surface area contributed by atoms with Crippen LogP contribution in [0.15, 0.2) is 30.3 Å². The van der Waals surface area contributed by atoms with Crippen LogP contribution in [0.1, 0.15) is 10.4 Å². The van der Waals surface area contributed by atoms with E-state index in [-0.39, 0.29) is 10.0 Å². The summed E-state index contributed by atoms with van der Waals surface area (Å²) in [6.45, 7) is 0. The number of nitrogens with two attached hydrogens (primary N) is 1. The molecule has 0 aromatic heterocycles. The monoisotopic (exact) mass is 340 g/mol. The van der Waals surface area contributed by atoms with Gasteiger partial charge >= 0.3 is 0 Å². The molecule has 0 spiro atoms. The van der Waals surface area contributed by atoms with Gasteiger partial charge in [0.15, 0.2) is 0 Å². The molecule has 0 aliphatic rings. The maximum absolute atomic E-state index is 12.4. The third kappa shape index (κ3) is 3.55. The maximum atomic E-state index is 12.4. The van der Waals surface area contributed by atoms with Crippen molar-refractivity contribution in [1.82, 2.24) is 0 Å². The molecule has 116 valence electrons. The van der Waals surface area contributed by atoms with Gasteiger partial charge in [-0.05, 0) is 24.3 Å². The molecule has 3 N–H and O–H groups in total. The first kappa shape index (κ1) is 16.3. The van der Waals surface area contributed by atoms with Crippen molar-refractivity contribution in [2.45, 2.75) is 0 Å². The van der Waals surface area contributed by atoms with Crippen molar-refractivity contribution < 1.29 is 14.3 Å². The summed E-state index contributed by atoms with van der Waals surface area (Å²) < 4.78 is 10.3. The normalized spacial score (nSPS) is 10.2. The molecular formula is C15H14Cl2N2O3. The predicted octanol–water partition coefficient (Wildman–Crippen LogP) is 3.85. The molecule has 7 heteroatoms. The zero-order chi connectivity index (χ0) is 16.3. The summed E-state index contributed by atoms with van der Waals surface area (Å²) in [5.41, 5.74) is 6.69. The molecule has 2 aromatic carbocycles. The van der Waals surface area contributed by atoms with Gasteiger partial charge in [-0.2, -0.15) is 0 Å². The number of anilines is 2. The highest BCUT2D eigenvalue weighted by Crippen LogP contribution is 2.33. The van der Waals surface area contributed by atoms with Gasteiger partial charge in [0.2, 0.25) is 0 Å². The van der Waals surface area contributed by atoms with E-state index in [1.807, 2.05) is 0 Å². The quantitative estimate of drug-likeness (QED) is 0.829. The zero-order valence-corrected chi connectivity index (χ0v) is 13.5. The fourth-order valence-electron chi connectivity index (χ4n) is 1.84. The topological polar surface area (TPSA) is 73.6 Å². The molecule has 0 fully saturated rings. The molecule has 0 radical (unpaired) electrons. The Bertz CT molecular complexity index is 675. The number of carbonyl (C=O) groups excluding carboxylic acids is 1. The van der Waals surface area contributed by atoms with E-state index in [2.05, 4.69) is 5.32 Å². The largest absolute Gasteiger partial charge is 0.497 e. The third-order valence-corrected chi connectivity index (χ3v) is 3.51. The van der Waals surface area contributed by atoms with Gasteiger partial charge in [-0.3, -0.25) is 4.79 Å². The number of ether oxygens (including phenoxy) is 2. The summed E-state index contributed by atoms with van der Waals surface area (Å²) in [6.07, 6.45) is 0. The Hall–Kier alpha value is -2.11. The molecule has 22 heavy (non-hydrogen) atoms. The fourth-order valence-corrected chi connectivity index (χ4v) is 2.43. The van der Waals surface area contributed by atoms with Crippen molar-refractivity contribution >= 4 is 40.5 Å². The Labute approximate surface area is 137 Å². The lowest BCUT2D eigenvalue weighted by Crippen LogP contribution is -2.13. The zero-order valence-electron chi connectivity index (χ0n) is 11.9. The molecule has 2 rings (SSSR count). The molecule has 0 aliphatic carbocycles. The van der Waals surface area contributed by atoms with Crippen LogP contribution >= 0.6 is 23.2 Å². The SMILES string of the molecule is COc1cc(OC)cc(C(=O)Nc2c(Cl)cc(N)cc2Cl)c1. The molecule has 1 amide bonds. The molecule has 2 aromatic rings. The average Bonchev–Trinajstić information content (AvgIpc) is 2.49. The lowest BCUT2D eigenvalue weighted by atomic mass is 10.1. The first-order valence-corrected chi connectivity index (χ1v) is 6.99. The third-order valence-electron chi connectivity index (χ3n) is 2.92. The van der Waals surface area contributed by atoms with Crippen molar-refractivity contribution in [2.24, 2.45) is 0 Å². The van der Waals surface area contributed by atoms with Crippen LogP contribution in [0, 0.1) is 0 Å². The Morgan fingerprint density at radius 3 is 1.95 bits per heavy atom. The van der Waals surface area contributed by atoms with Crippen LogP contribution in [-0.4, -0.2) is 20.1 Å². The van der Waals surface area contributed by atoms with Gasteiger partial charge in [0, 0.05) is 17.3 Å². The summed E-state index contributed by atoms with van der Waals surface area (Å²) in [6, 6.07) is 7.85. The number of benzene rings is 2. The predicted molar refractivity (Wildman–Crippen MR) is 88.4 cm³/mol. The summed E-state index contributed by atoms with van der Waals surface area (Å²) in [5.74, 6) is 0.601. The second-order valence-corrected chi connectivity index (χ2v) is 5.23. The highest BCUT2D eigenvalue weighted by atomic mass is 35.5. The minimum absolute atomic E-state index is 0.258. The molecule has 0 unspecified atom stereocenters. The van der Waals surface area contributed by atoms with E-state index in [1.165, 1.54) is 26.4 Å². The van der Waals surface area contributed by atoms with E-state index in [0.29, 0.717) is 28.4 Å². The molecule has 0 aliphatic heterocycles. The van der Waals surface area contributed by atoms with E-state index < -0.39 is 5.91 Å². The van der Waals surface area contributed by atoms with E-state index in [1.54, 1.807) is 18.2 Å². The van der Waals surface area contributed by atoms with Gasteiger partial charge in [0.05, 0.1) is 30.0 Å². The van der Waals surface area contributed by atoms with Crippen LogP contribution in [-0.2, 0) is 0 Å². The second-order valence-electron chi connectivity index (χ2n) is 4.42. The van der Waals surface area contributed by atoms with Crippen molar-refractivity contribution in [3.8, 4) is 11.5 Å². The molecule has 5 nitrogen and oxygen atoms in total. The highest BCUT2D eigenvalue weighted by Gasteiger charge is 2.14. The summed E-state index contributed by atoms with van der Waals surface area (Å²) in [7, 11) is 3.01. The number of hydrogen-bond donors (Lipinski definition) is 2. The van der Waals surface area contributed by atoms with Gasteiger partial charge in [-0.15, -0.1) is 0 Å². The number of rotatable bonds is 4. The standard InChI is InChI=1S/C15H14Cl2N2O3/c1-21-10-3-8(4-11(7-10)22-2)15(20)19-14-12(16)5-9(18)6-13(14)17/h3-7H,18H2,1-2H3,(H,19,20). The lowest BCUT2D eigenvalue weighted by molar-refractivity contribution is 0.102. The first-order chi connectivity index (χ1) is 10.4. The lowest BCUT2D eigenvalue weighted by Gasteiger charge is -2.12. The minimum atomic E-state index is -0.397. The van der Waals surface area contributed by atoms with E-state index in [9.17, 15) is 4.79 Å². The Balaban J connectivity index is 2.34. The van der Waals surface area contributed by atoms with Gasteiger partial charge < -0.3 is 20.5 Å². The average molecular weight is 341 g/mol. The molecule has 0 heterocycles. The Kier molecular flexibility index (Phi) is 5.00. The van der Waals surface area contributed by atoms with E-state index in [4.69, 9.17) is 38.4 Å². The van der Waals surface area contributed by atoms with Crippen molar-refractivity contribution in [3.05, 3.63) is 45.9 Å². The van der Waals surface area contributed by atoms with Crippen molar-refractivity contribution in [3.63, 3.8) is 0 Å². The van der Waals surface area contributed by atoms with Crippen LogP contribution in [0.3, 0.4) is 0 Å². The smallest absolute Gasteiger partial charge is 0.256 e. The molecule has 0 saturated heterocycles. The van der Waals surface area contributed by atoms with Crippen LogP contribution in [0.25, 0.3) is 0 Å². The van der Waals surface area contributed by atoms with Gasteiger partial charge in [-0.25, -0.2) is 0 Å². The van der Waals surface area contributed by atoms with Crippen LogP contribution < -0.4 is 20.5 Å². The van der Waals surface area contributed by atoms with E-state index >= 15 is 0 Å². The van der Waals surface area contributed by atoms with E-state index in [0.717, 1.165) is 0 Å². The number of halogens is 2. The molecule has 0 atom stereocenters. The van der Waals surface area contributed by atoms with Crippen LogP contribution in [0.2, 0.25) is 10.0 Å². The number of nitrogen functional groups attached to an aromatic ring is 1. The molecular weight excluding hydrogens is 327 g/mol. The maximum Gasteiger partial charge on any atom is 0.256 e. The summed E-state index contributed by atoms with van der Waals surface area (Å²) >= 11 is 12.1. The fraction of sp³-hybridized carbons (Fsp3) is 0.133. The second kappa shape index (κ2) is 6.77. The van der Waals surface area contributed by atoms with Crippen LogP contribution in [0.5, 0.6) is 11.5 Å². The Morgan fingerprint density at radius 2 is 1.50 bits per heavy atom. The van der Waals surface area contributed by atoms with Gasteiger partial charge in [0.1, 0.15) is 11.5 Å². The number of amides is 1. The van der Waals surface area contributed by atoms with Crippen molar-refractivity contribution in [2.75, 3.05) is 25.3 Å². The molecule has 0 saturated carbocycles. The number of hydrogen-bond acceptors (Lipinski definition) is 4. The Morgan fingerprint density at radius 1 is 1.00 bits per heavy atom. The summed E-state index contributed by atoms with van der Waals surface area (Å²) in [4.78, 5) is 12.4. The van der Waals surface area contributed by atoms with Gasteiger partial charge in [0.25, 0.3) is 5.91 Å². The summed E-state index contributed by atoms with van der Waals surface area (Å²) in [5, 5.41) is 3.17. The first-order valence-electron chi connectivity index (χ1n) is 6.23. The minimum Gasteiger partial charge on any atom is -0.497 e. The molecule has 0 bridgehead atoms.